The maximum atomic E-state index is 12.2. The molecule has 0 atom stereocenters. The van der Waals surface area contributed by atoms with E-state index in [-0.39, 0.29) is 23.7 Å². The van der Waals surface area contributed by atoms with Crippen LogP contribution in [0.2, 0.25) is 0 Å². The van der Waals surface area contributed by atoms with Gasteiger partial charge >= 0.3 is 0 Å². The standard InChI is InChI=1S/C16H26N4OS.ClH/c1-16(2,3)15-18-13(11-22-15)10-19-4-6-20(7-5-19)14(21)12-8-17-9-12;/h11-12,17H,4-10H2,1-3H3;1H. The molecule has 5 nitrogen and oxygen atoms in total. The van der Waals surface area contributed by atoms with Crippen molar-refractivity contribution in [3.05, 3.63) is 16.1 Å². The van der Waals surface area contributed by atoms with Crippen LogP contribution < -0.4 is 5.32 Å². The monoisotopic (exact) mass is 358 g/mol. The number of thiazole rings is 1. The molecule has 3 heterocycles. The summed E-state index contributed by atoms with van der Waals surface area (Å²) in [6.07, 6.45) is 0. The number of hydrogen-bond donors (Lipinski definition) is 1. The van der Waals surface area contributed by atoms with Crippen molar-refractivity contribution in [3.63, 3.8) is 0 Å². The van der Waals surface area contributed by atoms with E-state index < -0.39 is 0 Å². The summed E-state index contributed by atoms with van der Waals surface area (Å²) in [6.45, 7) is 12.8. The van der Waals surface area contributed by atoms with Gasteiger partial charge in [0.25, 0.3) is 0 Å². The van der Waals surface area contributed by atoms with Crippen molar-refractivity contribution in [2.75, 3.05) is 39.3 Å². The van der Waals surface area contributed by atoms with Crippen molar-refractivity contribution in [1.82, 2.24) is 20.1 Å². The highest BCUT2D eigenvalue weighted by molar-refractivity contribution is 7.09. The minimum atomic E-state index is 0. The number of amides is 1. The van der Waals surface area contributed by atoms with Crippen LogP contribution in [0, 0.1) is 5.92 Å². The molecule has 0 spiro atoms. The van der Waals surface area contributed by atoms with E-state index in [1.54, 1.807) is 11.3 Å². The third kappa shape index (κ3) is 4.44. The molecule has 0 saturated carbocycles. The number of nitrogens with zero attached hydrogens (tertiary/aromatic N) is 3. The third-order valence-corrected chi connectivity index (χ3v) is 5.71. The molecule has 1 N–H and O–H groups in total. The summed E-state index contributed by atoms with van der Waals surface area (Å²) in [6, 6.07) is 0. The SMILES string of the molecule is CC(C)(C)c1nc(CN2CCN(C(=O)C3CNC3)CC2)cs1.Cl. The molecule has 0 aliphatic carbocycles. The molecule has 2 aliphatic heterocycles. The van der Waals surface area contributed by atoms with E-state index >= 15 is 0 Å². The Hall–Kier alpha value is -0.690. The van der Waals surface area contributed by atoms with Gasteiger partial charge in [0.2, 0.25) is 5.91 Å². The zero-order valence-corrected chi connectivity index (χ0v) is 15.8. The zero-order chi connectivity index (χ0) is 15.7. The number of hydrogen-bond acceptors (Lipinski definition) is 5. The van der Waals surface area contributed by atoms with Crippen LogP contribution in [-0.4, -0.2) is 60.0 Å². The van der Waals surface area contributed by atoms with Gasteiger partial charge in [-0.2, -0.15) is 0 Å². The molecule has 2 fully saturated rings. The molecular formula is C16H27ClN4OS. The molecule has 0 aromatic carbocycles. The number of piperazine rings is 1. The zero-order valence-electron chi connectivity index (χ0n) is 14.2. The van der Waals surface area contributed by atoms with Gasteiger partial charge in [0.15, 0.2) is 0 Å². The summed E-state index contributed by atoms with van der Waals surface area (Å²) in [5.41, 5.74) is 1.29. The van der Waals surface area contributed by atoms with Crippen LogP contribution in [0.3, 0.4) is 0 Å². The first-order chi connectivity index (χ1) is 10.4. The molecule has 1 aromatic rings. The fourth-order valence-corrected chi connectivity index (χ4v) is 3.70. The molecule has 0 bridgehead atoms. The maximum absolute atomic E-state index is 12.2. The molecule has 0 unspecified atom stereocenters. The highest BCUT2D eigenvalue weighted by Crippen LogP contribution is 2.26. The summed E-state index contributed by atoms with van der Waals surface area (Å²) >= 11 is 1.76. The molecule has 23 heavy (non-hydrogen) atoms. The van der Waals surface area contributed by atoms with Gasteiger partial charge in [0, 0.05) is 56.6 Å². The number of carbonyl (C=O) groups is 1. The summed E-state index contributed by atoms with van der Waals surface area (Å²) in [7, 11) is 0. The molecule has 1 aromatic heterocycles. The van der Waals surface area contributed by atoms with Crippen LogP contribution in [0.4, 0.5) is 0 Å². The van der Waals surface area contributed by atoms with Gasteiger partial charge in [-0.05, 0) is 0 Å². The van der Waals surface area contributed by atoms with Crippen LogP contribution in [-0.2, 0) is 16.8 Å². The minimum Gasteiger partial charge on any atom is -0.340 e. The van der Waals surface area contributed by atoms with Gasteiger partial charge in [0.1, 0.15) is 0 Å². The highest BCUT2D eigenvalue weighted by atomic mass is 35.5. The molecule has 1 amide bonds. The average molecular weight is 359 g/mol. The topological polar surface area (TPSA) is 48.5 Å². The van der Waals surface area contributed by atoms with E-state index in [0.717, 1.165) is 51.5 Å². The van der Waals surface area contributed by atoms with Gasteiger partial charge in [-0.25, -0.2) is 4.98 Å². The number of rotatable bonds is 3. The molecule has 0 radical (unpaired) electrons. The van der Waals surface area contributed by atoms with Crippen molar-refractivity contribution in [2.45, 2.75) is 32.7 Å². The quantitative estimate of drug-likeness (QED) is 0.894. The number of carbonyl (C=O) groups excluding carboxylic acids is 1. The van der Waals surface area contributed by atoms with Crippen LogP contribution in [0.15, 0.2) is 5.38 Å². The molecule has 7 heteroatoms. The Bertz CT molecular complexity index is 530. The smallest absolute Gasteiger partial charge is 0.228 e. The molecular weight excluding hydrogens is 332 g/mol. The maximum Gasteiger partial charge on any atom is 0.228 e. The Morgan fingerprint density at radius 3 is 2.43 bits per heavy atom. The van der Waals surface area contributed by atoms with Crippen LogP contribution in [0.1, 0.15) is 31.5 Å². The van der Waals surface area contributed by atoms with Crippen LogP contribution in [0.5, 0.6) is 0 Å². The second kappa shape index (κ2) is 7.47. The van der Waals surface area contributed by atoms with E-state index in [2.05, 4.69) is 36.4 Å². The Balaban J connectivity index is 0.00000192. The predicted octanol–water partition coefficient (Wildman–Crippen LogP) is 1.73. The van der Waals surface area contributed by atoms with E-state index in [1.165, 1.54) is 5.01 Å². The Morgan fingerprint density at radius 2 is 1.96 bits per heavy atom. The molecule has 2 aliphatic rings. The fraction of sp³-hybridized carbons (Fsp3) is 0.750. The average Bonchev–Trinajstić information content (AvgIpc) is 2.86. The summed E-state index contributed by atoms with van der Waals surface area (Å²) in [4.78, 5) is 21.4. The highest BCUT2D eigenvalue weighted by Gasteiger charge is 2.31. The second-order valence-electron chi connectivity index (χ2n) is 7.35. The number of aromatic nitrogens is 1. The Labute approximate surface area is 148 Å². The molecule has 2 saturated heterocycles. The number of halogens is 1. The van der Waals surface area contributed by atoms with Gasteiger partial charge in [-0.15, -0.1) is 23.7 Å². The fourth-order valence-electron chi connectivity index (χ4n) is 2.80. The summed E-state index contributed by atoms with van der Waals surface area (Å²) < 4.78 is 0. The molecule has 3 rings (SSSR count). The van der Waals surface area contributed by atoms with E-state index in [0.29, 0.717) is 5.91 Å². The minimum absolute atomic E-state index is 0. The van der Waals surface area contributed by atoms with Crippen molar-refractivity contribution in [3.8, 4) is 0 Å². The molecule has 130 valence electrons. The van der Waals surface area contributed by atoms with E-state index in [1.807, 2.05) is 4.90 Å². The van der Waals surface area contributed by atoms with Gasteiger partial charge in [-0.1, -0.05) is 20.8 Å². The van der Waals surface area contributed by atoms with Crippen LogP contribution in [0.25, 0.3) is 0 Å². The Morgan fingerprint density at radius 1 is 1.30 bits per heavy atom. The van der Waals surface area contributed by atoms with Gasteiger partial charge < -0.3 is 10.2 Å². The van der Waals surface area contributed by atoms with Crippen molar-refractivity contribution >= 4 is 29.7 Å². The van der Waals surface area contributed by atoms with E-state index in [9.17, 15) is 4.79 Å². The first-order valence-electron chi connectivity index (χ1n) is 8.10. The lowest BCUT2D eigenvalue weighted by Crippen LogP contribution is -2.56. The van der Waals surface area contributed by atoms with Gasteiger partial charge in [0.05, 0.1) is 16.6 Å². The lowest BCUT2D eigenvalue weighted by molar-refractivity contribution is -0.138. The second-order valence-corrected chi connectivity index (χ2v) is 8.21. The van der Waals surface area contributed by atoms with Crippen molar-refractivity contribution in [2.24, 2.45) is 5.92 Å². The van der Waals surface area contributed by atoms with Crippen molar-refractivity contribution < 1.29 is 4.79 Å². The first kappa shape index (κ1) is 18.6. The number of nitrogens with one attached hydrogen (secondary N) is 1. The largest absolute Gasteiger partial charge is 0.340 e. The van der Waals surface area contributed by atoms with E-state index in [4.69, 9.17) is 4.98 Å². The first-order valence-corrected chi connectivity index (χ1v) is 8.98. The summed E-state index contributed by atoms with van der Waals surface area (Å²) in [5, 5.41) is 6.55. The predicted molar refractivity (Wildman–Crippen MR) is 96.3 cm³/mol. The van der Waals surface area contributed by atoms with Gasteiger partial charge in [-0.3, -0.25) is 9.69 Å². The normalized spacial score (nSPS) is 20.0. The lowest BCUT2D eigenvalue weighted by Gasteiger charge is -2.38. The Kier molecular flexibility index (Phi) is 6.05. The summed E-state index contributed by atoms with van der Waals surface area (Å²) in [5.74, 6) is 0.557. The lowest BCUT2D eigenvalue weighted by atomic mass is 9.98. The third-order valence-electron chi connectivity index (χ3n) is 4.39. The van der Waals surface area contributed by atoms with Crippen molar-refractivity contribution in [1.29, 1.82) is 0 Å². The van der Waals surface area contributed by atoms with Crippen LogP contribution >= 0.6 is 23.7 Å².